The van der Waals surface area contributed by atoms with E-state index in [4.69, 9.17) is 18.9 Å². The highest BCUT2D eigenvalue weighted by atomic mass is 16.7. The van der Waals surface area contributed by atoms with E-state index in [1.165, 1.54) is 0 Å². The molecule has 2 heterocycles. The number of aliphatic hydroxyl groups is 1. The Hall–Kier alpha value is -3.51. The van der Waals surface area contributed by atoms with Gasteiger partial charge in [0.1, 0.15) is 18.2 Å². The minimum Gasteiger partial charge on any atom is -0.465 e. The second-order valence-electron chi connectivity index (χ2n) is 11.8. The topological polar surface area (TPSA) is 136 Å². The van der Waals surface area contributed by atoms with Gasteiger partial charge in [0.2, 0.25) is 0 Å². The predicted octanol–water partition coefficient (Wildman–Crippen LogP) is 4.22. The van der Waals surface area contributed by atoms with Gasteiger partial charge in [-0.2, -0.15) is 0 Å². The molecule has 2 aliphatic heterocycles. The number of carbonyl (C=O) groups excluding carboxylic acids is 3. The molecule has 0 spiro atoms. The summed E-state index contributed by atoms with van der Waals surface area (Å²) in [4.78, 5) is 39.1. The van der Waals surface area contributed by atoms with Crippen LogP contribution >= 0.6 is 0 Å². The molecule has 0 bridgehead atoms. The molecule has 4 rings (SSSR count). The van der Waals surface area contributed by atoms with E-state index in [1.807, 2.05) is 51.1 Å². The van der Waals surface area contributed by atoms with E-state index in [0.29, 0.717) is 24.2 Å². The van der Waals surface area contributed by atoms with Crippen LogP contribution in [0.3, 0.4) is 0 Å². The summed E-state index contributed by atoms with van der Waals surface area (Å²) in [5.74, 6) is -0.740. The van der Waals surface area contributed by atoms with E-state index in [9.17, 15) is 19.5 Å². The van der Waals surface area contributed by atoms with E-state index in [1.54, 1.807) is 25.1 Å². The Bertz CT molecular complexity index is 1250. The monoisotopic (exact) mass is 597 g/mol. The number of rotatable bonds is 10. The van der Waals surface area contributed by atoms with E-state index in [-0.39, 0.29) is 44.0 Å². The lowest BCUT2D eigenvalue weighted by molar-refractivity contribution is -0.253. The Morgan fingerprint density at radius 2 is 1.84 bits per heavy atom. The lowest BCUT2D eigenvalue weighted by Crippen LogP contribution is -2.45. The van der Waals surface area contributed by atoms with Gasteiger partial charge < -0.3 is 34.7 Å². The molecule has 2 amide bonds. The molecule has 4 atom stereocenters. The van der Waals surface area contributed by atoms with Crippen molar-refractivity contribution in [2.24, 2.45) is 0 Å². The van der Waals surface area contributed by atoms with Crippen molar-refractivity contribution in [1.29, 1.82) is 0 Å². The maximum atomic E-state index is 13.0. The fourth-order valence-corrected chi connectivity index (χ4v) is 5.28. The summed E-state index contributed by atoms with van der Waals surface area (Å²) in [5, 5.41) is 14.7. The second kappa shape index (κ2) is 14.8. The fraction of sp³-hybridized carbons (Fsp3) is 0.531. The van der Waals surface area contributed by atoms with Crippen molar-refractivity contribution in [3.63, 3.8) is 0 Å². The molecule has 11 heteroatoms. The zero-order chi connectivity index (χ0) is 31.0. The van der Waals surface area contributed by atoms with Gasteiger partial charge in [-0.15, -0.1) is 0 Å². The fourth-order valence-electron chi connectivity index (χ4n) is 5.28. The van der Waals surface area contributed by atoms with Crippen LogP contribution in [0.1, 0.15) is 76.0 Å². The Kier molecular flexibility index (Phi) is 11.1. The summed E-state index contributed by atoms with van der Waals surface area (Å²) in [5.41, 5.74) is 2.40. The number of urea groups is 1. The van der Waals surface area contributed by atoms with Crippen LogP contribution in [0.5, 0.6) is 0 Å². The van der Waals surface area contributed by atoms with Gasteiger partial charge in [0.15, 0.2) is 6.29 Å². The molecule has 0 aromatic heterocycles. The average molecular weight is 598 g/mol. The van der Waals surface area contributed by atoms with Crippen molar-refractivity contribution in [1.82, 2.24) is 10.2 Å². The summed E-state index contributed by atoms with van der Waals surface area (Å²) in [6, 6.07) is 13.9. The molecule has 2 aromatic carbocycles. The summed E-state index contributed by atoms with van der Waals surface area (Å²) in [6.07, 6.45) is 0.903. The Morgan fingerprint density at radius 1 is 1.07 bits per heavy atom. The number of amides is 2. The van der Waals surface area contributed by atoms with Crippen LogP contribution in [-0.4, -0.2) is 72.0 Å². The number of likely N-dealkylation sites (tertiary alicyclic amines) is 1. The molecular formula is C32H43N3O8. The molecule has 0 saturated carbocycles. The SMILES string of the molecule is CCOC(=O)CNC(=O)Nc1cccc([C@H]2O[C@@H](CN3CCC[C@H]3C(=O)OC(C)(C)C)C[C@@H](c3ccc(CO)cc3)O2)c1. The van der Waals surface area contributed by atoms with Crippen LogP contribution in [-0.2, 0) is 35.1 Å². The second-order valence-corrected chi connectivity index (χ2v) is 11.8. The van der Waals surface area contributed by atoms with Crippen LogP contribution in [0.25, 0.3) is 0 Å². The maximum absolute atomic E-state index is 13.0. The summed E-state index contributed by atoms with van der Waals surface area (Å²) in [6.45, 7) is 8.56. The quantitative estimate of drug-likeness (QED) is 0.344. The first-order valence-electron chi connectivity index (χ1n) is 14.8. The maximum Gasteiger partial charge on any atom is 0.325 e. The zero-order valence-electron chi connectivity index (χ0n) is 25.3. The van der Waals surface area contributed by atoms with Crippen LogP contribution in [0.4, 0.5) is 10.5 Å². The van der Waals surface area contributed by atoms with Gasteiger partial charge in [-0.3, -0.25) is 14.5 Å². The van der Waals surface area contributed by atoms with Gasteiger partial charge in [0.25, 0.3) is 0 Å². The highest BCUT2D eigenvalue weighted by Crippen LogP contribution is 2.39. The molecule has 3 N–H and O–H groups in total. The number of carbonyl (C=O) groups is 3. The molecule has 2 aromatic rings. The molecule has 43 heavy (non-hydrogen) atoms. The van der Waals surface area contributed by atoms with Gasteiger partial charge in [-0.05, 0) is 70.3 Å². The van der Waals surface area contributed by atoms with Crippen molar-refractivity contribution in [3.8, 4) is 0 Å². The number of nitrogens with zero attached hydrogens (tertiary/aromatic N) is 1. The number of hydrogen-bond donors (Lipinski definition) is 3. The van der Waals surface area contributed by atoms with Gasteiger partial charge in [0, 0.05) is 24.2 Å². The third-order valence-corrected chi connectivity index (χ3v) is 7.21. The zero-order valence-corrected chi connectivity index (χ0v) is 25.3. The molecular weight excluding hydrogens is 554 g/mol. The normalized spacial score (nSPS) is 22.5. The first-order chi connectivity index (χ1) is 20.5. The van der Waals surface area contributed by atoms with E-state index in [2.05, 4.69) is 15.5 Å². The summed E-state index contributed by atoms with van der Waals surface area (Å²) < 4.78 is 23.5. The van der Waals surface area contributed by atoms with Crippen molar-refractivity contribution >= 4 is 23.7 Å². The number of esters is 2. The predicted molar refractivity (Wildman–Crippen MR) is 159 cm³/mol. The van der Waals surface area contributed by atoms with Crippen molar-refractivity contribution in [2.75, 3.05) is 31.6 Å². The molecule has 2 aliphatic rings. The van der Waals surface area contributed by atoms with Gasteiger partial charge >= 0.3 is 18.0 Å². The Labute approximate surface area is 252 Å². The number of ether oxygens (including phenoxy) is 4. The Balaban J connectivity index is 1.50. The lowest BCUT2D eigenvalue weighted by Gasteiger charge is -2.38. The smallest absolute Gasteiger partial charge is 0.325 e. The van der Waals surface area contributed by atoms with Crippen molar-refractivity contribution in [2.45, 2.75) is 83.7 Å². The van der Waals surface area contributed by atoms with Gasteiger partial charge in [-0.1, -0.05) is 36.4 Å². The largest absolute Gasteiger partial charge is 0.465 e. The third kappa shape index (κ3) is 9.49. The average Bonchev–Trinajstić information content (AvgIpc) is 3.44. The third-order valence-electron chi connectivity index (χ3n) is 7.21. The first-order valence-corrected chi connectivity index (χ1v) is 14.8. The Morgan fingerprint density at radius 3 is 2.53 bits per heavy atom. The number of benzene rings is 2. The van der Waals surface area contributed by atoms with E-state index < -0.39 is 23.9 Å². The minimum absolute atomic E-state index is 0.0473. The molecule has 0 unspecified atom stereocenters. The van der Waals surface area contributed by atoms with Crippen LogP contribution in [0, 0.1) is 0 Å². The van der Waals surface area contributed by atoms with Gasteiger partial charge in [-0.25, -0.2) is 4.79 Å². The molecule has 0 aliphatic carbocycles. The number of aliphatic hydroxyl groups excluding tert-OH is 1. The highest BCUT2D eigenvalue weighted by Gasteiger charge is 2.39. The molecule has 2 saturated heterocycles. The van der Waals surface area contributed by atoms with Crippen LogP contribution < -0.4 is 10.6 Å². The summed E-state index contributed by atoms with van der Waals surface area (Å²) >= 11 is 0. The molecule has 2 fully saturated rings. The van der Waals surface area contributed by atoms with Crippen molar-refractivity contribution < 1.29 is 38.4 Å². The minimum atomic E-state index is -0.742. The number of nitrogens with one attached hydrogen (secondary N) is 2. The highest BCUT2D eigenvalue weighted by molar-refractivity contribution is 5.91. The first kappa shape index (κ1) is 32.4. The molecule has 234 valence electrons. The number of hydrogen-bond acceptors (Lipinski definition) is 9. The van der Waals surface area contributed by atoms with Crippen LogP contribution in [0.15, 0.2) is 48.5 Å². The molecule has 11 nitrogen and oxygen atoms in total. The summed E-state index contributed by atoms with van der Waals surface area (Å²) in [7, 11) is 0. The molecule has 0 radical (unpaired) electrons. The standard InChI is InChI=1S/C32H43N3O8/c1-5-40-28(37)18-33-31(39)34-24-9-6-8-23(16-24)30-41-25(17-27(42-30)22-13-11-21(20-36)12-14-22)19-35-15-7-10-26(35)29(38)43-32(2,3)4/h6,8-9,11-14,16,25-27,30,36H,5,7,10,15,17-20H2,1-4H3,(H2,33,34,39)/t25-,26+,27+,30+/m1/s1. The van der Waals surface area contributed by atoms with E-state index in [0.717, 1.165) is 30.5 Å². The van der Waals surface area contributed by atoms with E-state index >= 15 is 0 Å². The lowest BCUT2D eigenvalue weighted by atomic mass is 9.99. The number of anilines is 1. The van der Waals surface area contributed by atoms with Gasteiger partial charge in [0.05, 0.1) is 25.4 Å². The van der Waals surface area contributed by atoms with Crippen molar-refractivity contribution in [3.05, 3.63) is 65.2 Å². The van der Waals surface area contributed by atoms with Crippen LogP contribution in [0.2, 0.25) is 0 Å².